The quantitative estimate of drug-likeness (QED) is 0.381. The summed E-state index contributed by atoms with van der Waals surface area (Å²) in [6.07, 6.45) is 3.35. The Morgan fingerprint density at radius 1 is 1.16 bits per heavy atom. The van der Waals surface area contributed by atoms with Crippen LogP contribution in [-0.2, 0) is 4.79 Å². The number of nitrogens with zero attached hydrogens (tertiary/aromatic N) is 3. The molecule has 7 nitrogen and oxygen atoms in total. The molecule has 2 aliphatic rings. The summed E-state index contributed by atoms with van der Waals surface area (Å²) in [7, 11) is 0. The van der Waals surface area contributed by atoms with E-state index in [1.54, 1.807) is 6.08 Å². The lowest BCUT2D eigenvalue weighted by atomic mass is 10.1. The van der Waals surface area contributed by atoms with E-state index >= 15 is 0 Å². The van der Waals surface area contributed by atoms with E-state index in [1.165, 1.54) is 16.8 Å². The maximum absolute atomic E-state index is 12.7. The first-order valence-electron chi connectivity index (χ1n) is 10.1. The number of hydrogen-bond acceptors (Lipinski definition) is 6. The molecule has 0 bridgehead atoms. The third-order valence-electron chi connectivity index (χ3n) is 4.58. The second-order valence-electron chi connectivity index (χ2n) is 6.96. The fourth-order valence-corrected chi connectivity index (χ4v) is 4.46. The largest absolute Gasteiger partial charge is 0.490 e. The molecule has 1 N–H and O–H groups in total. The highest BCUT2D eigenvalue weighted by Gasteiger charge is 2.35. The van der Waals surface area contributed by atoms with E-state index in [2.05, 4.69) is 32.9 Å². The molecule has 4 rings (SSSR count). The van der Waals surface area contributed by atoms with Crippen LogP contribution in [0.15, 0.2) is 68.7 Å². The highest BCUT2D eigenvalue weighted by molar-refractivity contribution is 9.10. The van der Waals surface area contributed by atoms with Crippen molar-refractivity contribution in [3.05, 3.63) is 64.1 Å². The van der Waals surface area contributed by atoms with Crippen LogP contribution in [0.4, 0.5) is 0 Å². The van der Waals surface area contributed by atoms with Crippen LogP contribution in [0.5, 0.6) is 11.5 Å². The highest BCUT2D eigenvalue weighted by atomic mass is 79.9. The average Bonchev–Trinajstić information content (AvgIpc) is 3.19. The van der Waals surface area contributed by atoms with Gasteiger partial charge < -0.3 is 9.47 Å². The molecule has 0 spiro atoms. The van der Waals surface area contributed by atoms with Crippen molar-refractivity contribution >= 4 is 55.7 Å². The van der Waals surface area contributed by atoms with E-state index < -0.39 is 5.91 Å². The van der Waals surface area contributed by atoms with Crippen molar-refractivity contribution in [1.82, 2.24) is 5.01 Å². The Hall–Kier alpha value is -2.91. The van der Waals surface area contributed by atoms with Crippen molar-refractivity contribution in [2.45, 2.75) is 19.8 Å². The van der Waals surface area contributed by atoms with Crippen LogP contribution in [0.2, 0.25) is 0 Å². The number of amidine groups is 2. The lowest BCUT2D eigenvalue weighted by Crippen LogP contribution is -2.35. The van der Waals surface area contributed by atoms with Crippen molar-refractivity contribution < 1.29 is 14.3 Å². The van der Waals surface area contributed by atoms with Crippen molar-refractivity contribution in [1.29, 1.82) is 5.41 Å². The zero-order valence-electron chi connectivity index (χ0n) is 17.4. The Morgan fingerprint density at radius 2 is 1.94 bits per heavy atom. The van der Waals surface area contributed by atoms with E-state index in [4.69, 9.17) is 14.9 Å². The summed E-state index contributed by atoms with van der Waals surface area (Å²) in [5.41, 5.74) is 0.829. The van der Waals surface area contributed by atoms with Gasteiger partial charge >= 0.3 is 0 Å². The minimum atomic E-state index is -0.458. The molecule has 2 heterocycles. The molecule has 32 heavy (non-hydrogen) atoms. The van der Waals surface area contributed by atoms with Crippen LogP contribution in [0.3, 0.4) is 0 Å². The third kappa shape index (κ3) is 5.11. The minimum Gasteiger partial charge on any atom is -0.490 e. The fraction of sp³-hybridized carbons (Fsp3) is 0.217. The fourth-order valence-electron chi connectivity index (χ4n) is 3.09. The van der Waals surface area contributed by atoms with Gasteiger partial charge in [0.25, 0.3) is 5.91 Å². The van der Waals surface area contributed by atoms with Gasteiger partial charge in [-0.3, -0.25) is 10.2 Å². The van der Waals surface area contributed by atoms with Gasteiger partial charge in [0.05, 0.1) is 5.57 Å². The zero-order valence-corrected chi connectivity index (χ0v) is 19.8. The molecule has 9 heteroatoms. The predicted molar refractivity (Wildman–Crippen MR) is 131 cm³/mol. The summed E-state index contributed by atoms with van der Waals surface area (Å²) in [6, 6.07) is 15.0. The first-order valence-corrected chi connectivity index (χ1v) is 11.8. The number of nitrogens with one attached hydrogen (secondary N) is 1. The van der Waals surface area contributed by atoms with Gasteiger partial charge in [-0.2, -0.15) is 15.1 Å². The predicted octanol–water partition coefficient (Wildman–Crippen LogP) is 5.33. The number of para-hydroxylation sites is 1. The summed E-state index contributed by atoms with van der Waals surface area (Å²) in [6.45, 7) is 2.76. The molecule has 0 radical (unpaired) electrons. The number of ether oxygens (including phenoxy) is 2. The molecule has 0 aromatic heterocycles. The Morgan fingerprint density at radius 3 is 2.72 bits per heavy atom. The second-order valence-corrected chi connectivity index (χ2v) is 8.91. The lowest BCUT2D eigenvalue weighted by molar-refractivity contribution is -0.114. The summed E-state index contributed by atoms with van der Waals surface area (Å²) in [5.74, 6) is 0.909. The van der Waals surface area contributed by atoms with Crippen molar-refractivity contribution in [2.24, 2.45) is 10.1 Å². The van der Waals surface area contributed by atoms with Crippen molar-refractivity contribution in [2.75, 3.05) is 13.2 Å². The standard InChI is InChI=1S/C23H21BrN4O3S/c1-2-6-20-27-28-21(25)18(22(29)26-23(28)32-20)14-15-13-16(24)9-10-19(15)31-12-11-30-17-7-4-3-5-8-17/h3-5,7-10,13-14,25H,2,6,11-12H2,1H3/b18-14-,25-21?. The monoisotopic (exact) mass is 512 g/mol. The number of amides is 1. The molecule has 0 atom stereocenters. The molecule has 0 aliphatic carbocycles. The number of halogens is 1. The van der Waals surface area contributed by atoms with Crippen molar-refractivity contribution in [3.8, 4) is 11.5 Å². The molecule has 2 aromatic rings. The van der Waals surface area contributed by atoms with E-state index in [0.29, 0.717) is 29.7 Å². The highest BCUT2D eigenvalue weighted by Crippen LogP contribution is 2.31. The van der Waals surface area contributed by atoms with Gasteiger partial charge in [-0.1, -0.05) is 41.1 Å². The molecule has 2 aliphatic heterocycles. The summed E-state index contributed by atoms with van der Waals surface area (Å²) in [5, 5.41) is 15.7. The summed E-state index contributed by atoms with van der Waals surface area (Å²) in [4.78, 5) is 16.8. The van der Waals surface area contributed by atoms with Crippen LogP contribution in [0.1, 0.15) is 25.3 Å². The Labute approximate surface area is 198 Å². The molecular weight excluding hydrogens is 492 g/mol. The van der Waals surface area contributed by atoms with E-state index in [9.17, 15) is 4.79 Å². The Balaban J connectivity index is 1.51. The number of hydrogen-bond donors (Lipinski definition) is 1. The van der Waals surface area contributed by atoms with Crippen molar-refractivity contribution in [3.63, 3.8) is 0 Å². The number of fused-ring (bicyclic) bond motifs is 1. The Bertz CT molecular complexity index is 1130. The zero-order chi connectivity index (χ0) is 22.5. The SMILES string of the molecule is CCCC1=NN2C(=N)/C(=C/c3cc(Br)ccc3OCCOc3ccccc3)C(=O)N=C2S1. The van der Waals surface area contributed by atoms with Crippen LogP contribution < -0.4 is 9.47 Å². The summed E-state index contributed by atoms with van der Waals surface area (Å²) < 4.78 is 12.4. The van der Waals surface area contributed by atoms with Gasteiger partial charge in [0.2, 0.25) is 5.17 Å². The van der Waals surface area contributed by atoms with Gasteiger partial charge in [-0.05, 0) is 61.0 Å². The Kier molecular flexibility index (Phi) is 7.06. The minimum absolute atomic E-state index is 0.0111. The van der Waals surface area contributed by atoms with E-state index in [1.807, 2.05) is 48.5 Å². The lowest BCUT2D eigenvalue weighted by Gasteiger charge is -2.20. The topological polar surface area (TPSA) is 87.3 Å². The molecule has 1 amide bonds. The maximum atomic E-state index is 12.7. The van der Waals surface area contributed by atoms with Crippen LogP contribution in [-0.4, -0.2) is 40.2 Å². The number of aliphatic imine (C=N–C) groups is 1. The normalized spacial score (nSPS) is 16.7. The number of carbonyl (C=O) groups is 1. The van der Waals surface area contributed by atoms with Gasteiger partial charge in [0.1, 0.15) is 29.8 Å². The van der Waals surface area contributed by atoms with Gasteiger partial charge in [-0.15, -0.1) is 0 Å². The first-order chi connectivity index (χ1) is 15.5. The smallest absolute Gasteiger partial charge is 0.283 e. The number of thioether (sulfide) groups is 1. The molecule has 0 saturated heterocycles. The molecule has 0 saturated carbocycles. The first kappa shape index (κ1) is 22.3. The molecular formula is C23H21BrN4O3S. The van der Waals surface area contributed by atoms with Gasteiger partial charge in [0.15, 0.2) is 5.84 Å². The third-order valence-corrected chi connectivity index (χ3v) is 6.05. The number of rotatable bonds is 8. The number of carbonyl (C=O) groups excluding carboxylic acids is 1. The molecule has 164 valence electrons. The summed E-state index contributed by atoms with van der Waals surface area (Å²) >= 11 is 4.81. The van der Waals surface area contributed by atoms with Crippen LogP contribution in [0, 0.1) is 5.41 Å². The van der Waals surface area contributed by atoms with Crippen LogP contribution >= 0.6 is 27.7 Å². The van der Waals surface area contributed by atoms with E-state index in [0.717, 1.165) is 28.1 Å². The maximum Gasteiger partial charge on any atom is 0.283 e. The molecule has 0 unspecified atom stereocenters. The van der Waals surface area contributed by atoms with Gasteiger partial charge in [-0.25, -0.2) is 0 Å². The number of hydrazone groups is 1. The van der Waals surface area contributed by atoms with Crippen LogP contribution in [0.25, 0.3) is 6.08 Å². The van der Waals surface area contributed by atoms with Gasteiger partial charge in [0, 0.05) is 10.0 Å². The molecule has 2 aromatic carbocycles. The average molecular weight is 513 g/mol. The van der Waals surface area contributed by atoms with E-state index in [-0.39, 0.29) is 11.4 Å². The second kappa shape index (κ2) is 10.1. The molecule has 0 fully saturated rings. The number of benzene rings is 2.